The van der Waals surface area contributed by atoms with Gasteiger partial charge in [0.1, 0.15) is 0 Å². The van der Waals surface area contributed by atoms with E-state index in [1.54, 1.807) is 0 Å². The summed E-state index contributed by atoms with van der Waals surface area (Å²) < 4.78 is 5.39. The van der Waals surface area contributed by atoms with Crippen molar-refractivity contribution in [2.75, 3.05) is 59.0 Å². The van der Waals surface area contributed by atoms with E-state index in [9.17, 15) is 0 Å². The fraction of sp³-hybridized carbons (Fsp3) is 1.00. The molecule has 0 saturated carbocycles. The van der Waals surface area contributed by atoms with Gasteiger partial charge in [-0.05, 0) is 52.9 Å². The molecule has 2 aliphatic rings. The zero-order chi connectivity index (χ0) is 12.8. The zero-order valence-electron chi connectivity index (χ0n) is 12.1. The van der Waals surface area contributed by atoms with Gasteiger partial charge in [0.05, 0.1) is 13.2 Å². The summed E-state index contributed by atoms with van der Waals surface area (Å²) in [5.74, 6) is 0. The summed E-state index contributed by atoms with van der Waals surface area (Å²) in [7, 11) is 0. The van der Waals surface area contributed by atoms with E-state index in [1.165, 1.54) is 39.0 Å². The second-order valence-electron chi connectivity index (χ2n) is 6.14. The van der Waals surface area contributed by atoms with E-state index in [4.69, 9.17) is 4.74 Å². The normalized spacial score (nSPS) is 27.0. The third kappa shape index (κ3) is 4.19. The molecule has 0 aromatic heterocycles. The number of nitrogens with one attached hydrogen (secondary N) is 1. The molecular formula is C14H29N3O. The van der Waals surface area contributed by atoms with Crippen molar-refractivity contribution in [3.63, 3.8) is 0 Å². The van der Waals surface area contributed by atoms with Gasteiger partial charge in [-0.25, -0.2) is 0 Å². The predicted molar refractivity (Wildman–Crippen MR) is 75.0 cm³/mol. The lowest BCUT2D eigenvalue weighted by atomic mass is 10.0. The van der Waals surface area contributed by atoms with Crippen LogP contribution in [-0.2, 0) is 4.74 Å². The van der Waals surface area contributed by atoms with Crippen molar-refractivity contribution in [3.05, 3.63) is 0 Å². The Kier molecular flexibility index (Phi) is 5.42. The van der Waals surface area contributed by atoms with Crippen molar-refractivity contribution in [2.24, 2.45) is 0 Å². The Balaban J connectivity index is 1.70. The molecule has 0 bridgehead atoms. The molecule has 4 nitrogen and oxygen atoms in total. The van der Waals surface area contributed by atoms with Crippen LogP contribution in [0.25, 0.3) is 0 Å². The fourth-order valence-corrected chi connectivity index (χ4v) is 2.93. The maximum atomic E-state index is 5.39. The van der Waals surface area contributed by atoms with Gasteiger partial charge in [-0.3, -0.25) is 9.80 Å². The topological polar surface area (TPSA) is 27.7 Å². The minimum atomic E-state index is 0.307. The summed E-state index contributed by atoms with van der Waals surface area (Å²) in [6, 6.07) is 0. The molecule has 18 heavy (non-hydrogen) atoms. The number of rotatable bonds is 4. The highest BCUT2D eigenvalue weighted by Gasteiger charge is 2.27. The number of morpholine rings is 1. The maximum Gasteiger partial charge on any atom is 0.0594 e. The van der Waals surface area contributed by atoms with Crippen LogP contribution in [0, 0.1) is 0 Å². The Morgan fingerprint density at radius 2 is 1.89 bits per heavy atom. The van der Waals surface area contributed by atoms with Gasteiger partial charge >= 0.3 is 0 Å². The average Bonchev–Trinajstić information content (AvgIpc) is 2.53. The van der Waals surface area contributed by atoms with Crippen LogP contribution >= 0.6 is 0 Å². The summed E-state index contributed by atoms with van der Waals surface area (Å²) in [5, 5.41) is 3.54. The Hall–Kier alpha value is -0.160. The van der Waals surface area contributed by atoms with Crippen LogP contribution in [-0.4, -0.2) is 74.4 Å². The van der Waals surface area contributed by atoms with E-state index in [1.807, 2.05) is 0 Å². The molecule has 0 unspecified atom stereocenters. The second kappa shape index (κ2) is 6.85. The van der Waals surface area contributed by atoms with Gasteiger partial charge in [-0.15, -0.1) is 0 Å². The summed E-state index contributed by atoms with van der Waals surface area (Å²) in [6.07, 6.45) is 2.56. The fourth-order valence-electron chi connectivity index (χ4n) is 2.93. The molecule has 0 atom stereocenters. The van der Waals surface area contributed by atoms with E-state index < -0.39 is 0 Å². The van der Waals surface area contributed by atoms with Crippen molar-refractivity contribution in [1.29, 1.82) is 0 Å². The lowest BCUT2D eigenvalue weighted by Crippen LogP contribution is -2.49. The highest BCUT2D eigenvalue weighted by Crippen LogP contribution is 2.16. The molecule has 0 spiro atoms. The molecule has 4 heteroatoms. The first-order valence-electron chi connectivity index (χ1n) is 7.44. The molecule has 0 aliphatic carbocycles. The summed E-state index contributed by atoms with van der Waals surface area (Å²) >= 11 is 0. The van der Waals surface area contributed by atoms with Crippen molar-refractivity contribution < 1.29 is 4.74 Å². The molecule has 1 N–H and O–H groups in total. The SMILES string of the molecule is CC1(C)CNCCCN1CCCN1CCOCC1. The van der Waals surface area contributed by atoms with Crippen LogP contribution in [0.2, 0.25) is 0 Å². The molecule has 2 aliphatic heterocycles. The maximum absolute atomic E-state index is 5.39. The molecule has 2 heterocycles. The summed E-state index contributed by atoms with van der Waals surface area (Å²) in [5.41, 5.74) is 0.307. The van der Waals surface area contributed by atoms with Gasteiger partial charge in [-0.1, -0.05) is 0 Å². The number of nitrogens with zero attached hydrogens (tertiary/aromatic N) is 2. The predicted octanol–water partition coefficient (Wildman–Crippen LogP) is 0.783. The Labute approximate surface area is 112 Å². The summed E-state index contributed by atoms with van der Waals surface area (Å²) in [6.45, 7) is 14.8. The van der Waals surface area contributed by atoms with Gasteiger partial charge in [0, 0.05) is 25.2 Å². The lowest BCUT2D eigenvalue weighted by Gasteiger charge is -2.37. The Morgan fingerprint density at radius 3 is 2.67 bits per heavy atom. The third-order valence-electron chi connectivity index (χ3n) is 4.20. The van der Waals surface area contributed by atoms with Crippen molar-refractivity contribution in [1.82, 2.24) is 15.1 Å². The van der Waals surface area contributed by atoms with Gasteiger partial charge in [0.15, 0.2) is 0 Å². The van der Waals surface area contributed by atoms with Crippen molar-refractivity contribution in [2.45, 2.75) is 32.2 Å². The van der Waals surface area contributed by atoms with Crippen LogP contribution < -0.4 is 5.32 Å². The second-order valence-corrected chi connectivity index (χ2v) is 6.14. The number of hydrogen-bond donors (Lipinski definition) is 1. The van der Waals surface area contributed by atoms with Crippen LogP contribution in [0.4, 0.5) is 0 Å². The molecule has 0 aromatic carbocycles. The van der Waals surface area contributed by atoms with E-state index in [0.29, 0.717) is 5.54 Å². The van der Waals surface area contributed by atoms with Crippen LogP contribution in [0.1, 0.15) is 26.7 Å². The van der Waals surface area contributed by atoms with Crippen molar-refractivity contribution in [3.8, 4) is 0 Å². The van der Waals surface area contributed by atoms with Gasteiger partial charge in [0.2, 0.25) is 0 Å². The molecule has 0 amide bonds. The standard InChI is InChI=1S/C14H29N3O/c1-14(2)13-15-5-3-7-17(14)8-4-6-16-9-11-18-12-10-16/h15H,3-13H2,1-2H3. The lowest BCUT2D eigenvalue weighted by molar-refractivity contribution is 0.0340. The zero-order valence-corrected chi connectivity index (χ0v) is 12.1. The Bertz CT molecular complexity index is 239. The Morgan fingerprint density at radius 1 is 1.11 bits per heavy atom. The minimum Gasteiger partial charge on any atom is -0.379 e. The minimum absolute atomic E-state index is 0.307. The first-order valence-corrected chi connectivity index (χ1v) is 7.44. The molecule has 2 fully saturated rings. The smallest absolute Gasteiger partial charge is 0.0594 e. The molecule has 0 radical (unpaired) electrons. The quantitative estimate of drug-likeness (QED) is 0.803. The highest BCUT2D eigenvalue weighted by atomic mass is 16.5. The van der Waals surface area contributed by atoms with Crippen LogP contribution in [0.15, 0.2) is 0 Å². The monoisotopic (exact) mass is 255 g/mol. The van der Waals surface area contributed by atoms with Gasteiger partial charge in [-0.2, -0.15) is 0 Å². The van der Waals surface area contributed by atoms with E-state index in [2.05, 4.69) is 29.0 Å². The molecule has 106 valence electrons. The van der Waals surface area contributed by atoms with Gasteiger partial charge < -0.3 is 10.1 Å². The third-order valence-corrected chi connectivity index (χ3v) is 4.20. The molecule has 2 saturated heterocycles. The first-order chi connectivity index (χ1) is 8.68. The highest BCUT2D eigenvalue weighted by molar-refractivity contribution is 4.86. The summed E-state index contributed by atoms with van der Waals surface area (Å²) in [4.78, 5) is 5.19. The average molecular weight is 255 g/mol. The molecule has 0 aromatic rings. The van der Waals surface area contributed by atoms with Crippen LogP contribution in [0.3, 0.4) is 0 Å². The number of ether oxygens (including phenoxy) is 1. The van der Waals surface area contributed by atoms with E-state index in [0.717, 1.165) is 32.8 Å². The first kappa shape index (κ1) is 14.3. The van der Waals surface area contributed by atoms with Gasteiger partial charge in [0.25, 0.3) is 0 Å². The molecular weight excluding hydrogens is 226 g/mol. The molecule has 2 rings (SSSR count). The van der Waals surface area contributed by atoms with Crippen molar-refractivity contribution >= 4 is 0 Å². The van der Waals surface area contributed by atoms with E-state index in [-0.39, 0.29) is 0 Å². The van der Waals surface area contributed by atoms with E-state index >= 15 is 0 Å². The van der Waals surface area contributed by atoms with Crippen LogP contribution in [0.5, 0.6) is 0 Å². The largest absolute Gasteiger partial charge is 0.379 e. The number of hydrogen-bond acceptors (Lipinski definition) is 4.